The molecule has 0 aliphatic carbocycles. The van der Waals surface area contributed by atoms with Crippen molar-refractivity contribution < 1.29 is 14.4 Å². The molecule has 6 nitrogen and oxygen atoms in total. The maximum absolute atomic E-state index is 13.6. The predicted octanol–water partition coefficient (Wildman–Crippen LogP) is 3.70. The lowest BCUT2D eigenvalue weighted by molar-refractivity contribution is -0.137. The number of rotatable bonds is 5. The monoisotopic (exact) mass is 439 g/mol. The van der Waals surface area contributed by atoms with Crippen LogP contribution in [0.3, 0.4) is 0 Å². The van der Waals surface area contributed by atoms with Gasteiger partial charge in [-0.1, -0.05) is 50.1 Å². The van der Waals surface area contributed by atoms with Crippen LogP contribution in [0.1, 0.15) is 41.0 Å². The largest absolute Gasteiger partial charge is 0.368 e. The molecule has 2 aliphatic heterocycles. The van der Waals surface area contributed by atoms with E-state index < -0.39 is 6.04 Å². The van der Waals surface area contributed by atoms with Gasteiger partial charge in [0.1, 0.15) is 6.04 Å². The van der Waals surface area contributed by atoms with Crippen molar-refractivity contribution in [2.24, 2.45) is 5.92 Å². The molecule has 0 aromatic heterocycles. The molecule has 2 aromatic carbocycles. The van der Waals surface area contributed by atoms with E-state index in [4.69, 9.17) is 11.6 Å². The number of fused-ring (bicyclic) bond motifs is 1. The number of halogens is 1. The lowest BCUT2D eigenvalue weighted by atomic mass is 9.95. The quantitative estimate of drug-likeness (QED) is 0.666. The first-order valence-electron chi connectivity index (χ1n) is 10.7. The van der Waals surface area contributed by atoms with Crippen LogP contribution in [0, 0.1) is 5.92 Å². The van der Waals surface area contributed by atoms with Crippen LogP contribution in [0.15, 0.2) is 48.5 Å². The first-order valence-corrected chi connectivity index (χ1v) is 11.1. The molecule has 162 valence electrons. The summed E-state index contributed by atoms with van der Waals surface area (Å²) in [6.07, 6.45) is 0.687. The van der Waals surface area contributed by atoms with Gasteiger partial charge in [0.25, 0.3) is 11.8 Å². The molecule has 1 fully saturated rings. The molecule has 1 saturated heterocycles. The van der Waals surface area contributed by atoms with E-state index in [0.717, 1.165) is 5.69 Å². The van der Waals surface area contributed by atoms with E-state index in [9.17, 15) is 14.4 Å². The summed E-state index contributed by atoms with van der Waals surface area (Å²) in [4.78, 5) is 44.8. The van der Waals surface area contributed by atoms with Crippen LogP contribution in [-0.2, 0) is 4.79 Å². The molecule has 2 aliphatic rings. The van der Waals surface area contributed by atoms with E-state index >= 15 is 0 Å². The fourth-order valence-corrected chi connectivity index (χ4v) is 4.52. The number of benzene rings is 2. The minimum Gasteiger partial charge on any atom is -0.368 e. The van der Waals surface area contributed by atoms with Crippen molar-refractivity contribution in [2.75, 3.05) is 31.1 Å². The van der Waals surface area contributed by atoms with Crippen LogP contribution in [0.5, 0.6) is 0 Å². The highest BCUT2D eigenvalue weighted by molar-refractivity contribution is 6.30. The second-order valence-corrected chi connectivity index (χ2v) is 8.58. The Bertz CT molecular complexity index is 982. The van der Waals surface area contributed by atoms with Crippen molar-refractivity contribution in [1.29, 1.82) is 0 Å². The SMILES string of the molecule is CCC(C)C(C(=O)N1CCN(c2cccc(Cl)c2)CC1)N1C(=O)c2ccccc2C1=O. The van der Waals surface area contributed by atoms with Crippen LogP contribution in [0.2, 0.25) is 5.02 Å². The number of anilines is 1. The zero-order valence-electron chi connectivity index (χ0n) is 17.8. The summed E-state index contributed by atoms with van der Waals surface area (Å²) in [6.45, 7) is 6.29. The van der Waals surface area contributed by atoms with Crippen molar-refractivity contribution in [1.82, 2.24) is 9.80 Å². The standard InChI is InChI=1S/C24H26ClN3O3/c1-3-16(2)21(28-22(29)19-9-4-5-10-20(19)23(28)30)24(31)27-13-11-26(12-14-27)18-8-6-7-17(25)15-18/h4-10,15-16,21H,3,11-14H2,1-2H3. The maximum atomic E-state index is 13.6. The highest BCUT2D eigenvalue weighted by Crippen LogP contribution is 2.29. The lowest BCUT2D eigenvalue weighted by Gasteiger charge is -2.40. The summed E-state index contributed by atoms with van der Waals surface area (Å²) >= 11 is 6.11. The Labute approximate surface area is 187 Å². The van der Waals surface area contributed by atoms with Crippen molar-refractivity contribution in [3.63, 3.8) is 0 Å². The molecule has 0 spiro atoms. The fourth-order valence-electron chi connectivity index (χ4n) is 4.34. The molecular formula is C24H26ClN3O3. The van der Waals surface area contributed by atoms with Gasteiger partial charge in [-0.15, -0.1) is 0 Å². The highest BCUT2D eigenvalue weighted by Gasteiger charge is 2.45. The van der Waals surface area contributed by atoms with Crippen LogP contribution in [0.25, 0.3) is 0 Å². The first-order chi connectivity index (χ1) is 14.9. The maximum Gasteiger partial charge on any atom is 0.262 e. The summed E-state index contributed by atoms with van der Waals surface area (Å²) in [5.41, 5.74) is 1.78. The van der Waals surface area contributed by atoms with Gasteiger partial charge in [-0.3, -0.25) is 19.3 Å². The van der Waals surface area contributed by atoms with Crippen molar-refractivity contribution in [2.45, 2.75) is 26.3 Å². The number of carbonyl (C=O) groups is 3. The number of nitrogens with zero attached hydrogens (tertiary/aromatic N) is 3. The minimum atomic E-state index is -0.796. The highest BCUT2D eigenvalue weighted by atomic mass is 35.5. The van der Waals surface area contributed by atoms with Crippen LogP contribution in [0.4, 0.5) is 5.69 Å². The minimum absolute atomic E-state index is 0.138. The molecular weight excluding hydrogens is 414 g/mol. The van der Waals surface area contributed by atoms with Crippen molar-refractivity contribution in [3.05, 3.63) is 64.7 Å². The van der Waals surface area contributed by atoms with Gasteiger partial charge in [0.05, 0.1) is 11.1 Å². The van der Waals surface area contributed by atoms with Crippen molar-refractivity contribution >= 4 is 35.0 Å². The number of carbonyl (C=O) groups excluding carboxylic acids is 3. The van der Waals surface area contributed by atoms with Gasteiger partial charge in [-0.2, -0.15) is 0 Å². The number of hydrogen-bond acceptors (Lipinski definition) is 4. The van der Waals surface area contributed by atoms with Gasteiger partial charge >= 0.3 is 0 Å². The molecule has 0 N–H and O–H groups in total. The van der Waals surface area contributed by atoms with E-state index in [1.165, 1.54) is 4.90 Å². The smallest absolute Gasteiger partial charge is 0.262 e. The van der Waals surface area contributed by atoms with Crippen LogP contribution in [-0.4, -0.2) is 59.7 Å². The zero-order valence-corrected chi connectivity index (χ0v) is 18.5. The second kappa shape index (κ2) is 8.71. The Morgan fingerprint density at radius 1 is 0.968 bits per heavy atom. The normalized spacial score (nSPS) is 18.2. The van der Waals surface area contributed by atoms with Gasteiger partial charge in [0.15, 0.2) is 0 Å². The molecule has 4 rings (SSSR count). The number of piperazine rings is 1. The third-order valence-electron chi connectivity index (χ3n) is 6.30. The molecule has 2 heterocycles. The van der Waals surface area contributed by atoms with E-state index in [1.54, 1.807) is 29.2 Å². The lowest BCUT2D eigenvalue weighted by Crippen LogP contribution is -2.58. The third-order valence-corrected chi connectivity index (χ3v) is 6.54. The van der Waals surface area contributed by atoms with Gasteiger partial charge in [0.2, 0.25) is 5.91 Å². The van der Waals surface area contributed by atoms with Gasteiger partial charge in [-0.05, 0) is 36.2 Å². The summed E-state index contributed by atoms with van der Waals surface area (Å²) in [5.74, 6) is -1.05. The Kier molecular flexibility index (Phi) is 6.01. The van der Waals surface area contributed by atoms with Crippen LogP contribution >= 0.6 is 11.6 Å². The average Bonchev–Trinajstić information content (AvgIpc) is 3.04. The zero-order chi connectivity index (χ0) is 22.1. The summed E-state index contributed by atoms with van der Waals surface area (Å²) < 4.78 is 0. The Balaban J connectivity index is 1.53. The molecule has 2 atom stereocenters. The molecule has 0 saturated carbocycles. The average molecular weight is 440 g/mol. The number of amides is 3. The predicted molar refractivity (Wildman–Crippen MR) is 120 cm³/mol. The summed E-state index contributed by atoms with van der Waals surface area (Å²) in [6, 6.07) is 13.7. The topological polar surface area (TPSA) is 60.9 Å². The van der Waals surface area contributed by atoms with Gasteiger partial charge in [0, 0.05) is 36.9 Å². The molecule has 7 heteroatoms. The molecule has 2 aromatic rings. The molecule has 0 bridgehead atoms. The first kappa shape index (κ1) is 21.4. The Morgan fingerprint density at radius 2 is 1.58 bits per heavy atom. The van der Waals surface area contributed by atoms with Gasteiger partial charge in [-0.25, -0.2) is 0 Å². The molecule has 3 amide bonds. The number of hydrogen-bond donors (Lipinski definition) is 0. The molecule has 0 radical (unpaired) electrons. The summed E-state index contributed by atoms with van der Waals surface area (Å²) in [5, 5.41) is 0.679. The fraction of sp³-hybridized carbons (Fsp3) is 0.375. The van der Waals surface area contributed by atoms with E-state index in [0.29, 0.717) is 48.7 Å². The summed E-state index contributed by atoms with van der Waals surface area (Å²) in [7, 11) is 0. The third kappa shape index (κ3) is 3.92. The van der Waals surface area contributed by atoms with Crippen molar-refractivity contribution in [3.8, 4) is 0 Å². The molecule has 2 unspecified atom stereocenters. The van der Waals surface area contributed by atoms with Crippen LogP contribution < -0.4 is 4.90 Å². The van der Waals surface area contributed by atoms with E-state index in [-0.39, 0.29) is 23.6 Å². The van der Waals surface area contributed by atoms with E-state index in [2.05, 4.69) is 4.90 Å². The number of imide groups is 1. The Hall–Kier alpha value is -2.86. The second-order valence-electron chi connectivity index (χ2n) is 8.15. The molecule has 31 heavy (non-hydrogen) atoms. The Morgan fingerprint density at radius 3 is 2.13 bits per heavy atom. The van der Waals surface area contributed by atoms with E-state index in [1.807, 2.05) is 38.1 Å². The van der Waals surface area contributed by atoms with Gasteiger partial charge < -0.3 is 9.80 Å².